The number of amides is 1. The number of carbonyl (C=O) groups excluding carboxylic acids is 1. The van der Waals surface area contributed by atoms with Gasteiger partial charge in [0.1, 0.15) is 6.04 Å². The van der Waals surface area contributed by atoms with Crippen LogP contribution in [-0.2, 0) is 11.2 Å². The summed E-state index contributed by atoms with van der Waals surface area (Å²) in [6, 6.07) is 11.7. The van der Waals surface area contributed by atoms with Gasteiger partial charge in [-0.1, -0.05) is 36.8 Å². The number of fused-ring (bicyclic) bond motifs is 1. The van der Waals surface area contributed by atoms with Gasteiger partial charge < -0.3 is 4.90 Å². The van der Waals surface area contributed by atoms with E-state index in [9.17, 15) is 4.79 Å². The molecule has 3 heterocycles. The lowest BCUT2D eigenvalue weighted by Crippen LogP contribution is -2.54. The molecule has 4 aliphatic rings. The largest absolute Gasteiger partial charge is 0.341 e. The highest BCUT2D eigenvalue weighted by atomic mass is 16.2. The van der Waals surface area contributed by atoms with E-state index in [1.54, 1.807) is 0 Å². The molecule has 6 unspecified atom stereocenters. The zero-order valence-electron chi connectivity index (χ0n) is 16.6. The van der Waals surface area contributed by atoms with Crippen molar-refractivity contribution in [2.24, 2.45) is 17.8 Å². The third-order valence-electron chi connectivity index (χ3n) is 7.45. The highest BCUT2D eigenvalue weighted by molar-refractivity contribution is 5.82. The smallest absolute Gasteiger partial charge is 0.241 e. The molecule has 6 atom stereocenters. The van der Waals surface area contributed by atoms with E-state index in [4.69, 9.17) is 0 Å². The molecule has 6 heteroatoms. The Morgan fingerprint density at radius 3 is 2.82 bits per heavy atom. The monoisotopic (exact) mass is 383 g/mol. The van der Waals surface area contributed by atoms with Crippen LogP contribution < -0.4 is 21.7 Å². The third kappa shape index (κ3) is 3.59. The molecule has 6 nitrogen and oxygen atoms in total. The Kier molecular flexibility index (Phi) is 5.37. The summed E-state index contributed by atoms with van der Waals surface area (Å²) in [5.41, 5.74) is 15.0. The first-order valence-electron chi connectivity index (χ1n) is 11.1. The van der Waals surface area contributed by atoms with Crippen molar-refractivity contribution >= 4 is 5.91 Å². The first-order chi connectivity index (χ1) is 13.8. The quantitative estimate of drug-likeness (QED) is 0.629. The van der Waals surface area contributed by atoms with Crippen LogP contribution in [0.15, 0.2) is 30.3 Å². The molecule has 1 aliphatic carbocycles. The fourth-order valence-electron chi connectivity index (χ4n) is 5.99. The maximum atomic E-state index is 13.3. The Morgan fingerprint density at radius 1 is 1.04 bits per heavy atom. The Balaban J connectivity index is 1.23. The number of hydrogen-bond acceptors (Lipinski definition) is 5. The lowest BCUT2D eigenvalue weighted by Gasteiger charge is -2.38. The number of nitrogens with zero attached hydrogens (tertiary/aromatic N) is 1. The second-order valence-electron chi connectivity index (χ2n) is 9.15. The van der Waals surface area contributed by atoms with Crippen molar-refractivity contribution in [3.63, 3.8) is 0 Å². The molecule has 3 aliphatic heterocycles. The standard InChI is InChI=1S/C22H33N5O/c28-22(21-18-9-4-10-19(18)24-26-21)27-11-5-8-16(14-27)20-17(13-23-25-20)12-15-6-2-1-3-7-15/h1-3,6-7,16-21,23-26H,4-5,8-14H2. The molecular weight excluding hydrogens is 350 g/mol. The molecule has 1 saturated carbocycles. The van der Waals surface area contributed by atoms with E-state index in [0.29, 0.717) is 35.7 Å². The van der Waals surface area contributed by atoms with E-state index in [1.807, 2.05) is 0 Å². The van der Waals surface area contributed by atoms with Crippen molar-refractivity contribution in [1.29, 1.82) is 0 Å². The van der Waals surface area contributed by atoms with Gasteiger partial charge in [0.2, 0.25) is 5.91 Å². The van der Waals surface area contributed by atoms with Crippen molar-refractivity contribution in [3.05, 3.63) is 35.9 Å². The fraction of sp³-hybridized carbons (Fsp3) is 0.682. The van der Waals surface area contributed by atoms with Gasteiger partial charge in [-0.25, -0.2) is 5.43 Å². The van der Waals surface area contributed by atoms with Crippen LogP contribution in [0.3, 0.4) is 0 Å². The van der Waals surface area contributed by atoms with Gasteiger partial charge in [0.05, 0.1) is 0 Å². The van der Waals surface area contributed by atoms with Gasteiger partial charge >= 0.3 is 0 Å². The van der Waals surface area contributed by atoms with Crippen LogP contribution in [0.25, 0.3) is 0 Å². The van der Waals surface area contributed by atoms with Crippen LogP contribution >= 0.6 is 0 Å². The molecule has 5 rings (SSSR count). The number of nitrogens with one attached hydrogen (secondary N) is 4. The molecule has 3 saturated heterocycles. The van der Waals surface area contributed by atoms with E-state index < -0.39 is 0 Å². The van der Waals surface area contributed by atoms with E-state index in [2.05, 4.69) is 56.9 Å². The zero-order valence-corrected chi connectivity index (χ0v) is 16.6. The predicted molar refractivity (Wildman–Crippen MR) is 109 cm³/mol. The Bertz CT molecular complexity index is 683. The summed E-state index contributed by atoms with van der Waals surface area (Å²) < 4.78 is 0. The maximum Gasteiger partial charge on any atom is 0.241 e. The van der Waals surface area contributed by atoms with Crippen molar-refractivity contribution in [3.8, 4) is 0 Å². The van der Waals surface area contributed by atoms with E-state index in [0.717, 1.165) is 32.5 Å². The summed E-state index contributed by atoms with van der Waals surface area (Å²) in [5, 5.41) is 0. The minimum Gasteiger partial charge on any atom is -0.341 e. The number of hydrogen-bond donors (Lipinski definition) is 4. The third-order valence-corrected chi connectivity index (χ3v) is 7.45. The van der Waals surface area contributed by atoms with Crippen LogP contribution in [0.2, 0.25) is 0 Å². The molecular formula is C22H33N5O. The van der Waals surface area contributed by atoms with Crippen molar-refractivity contribution in [2.75, 3.05) is 19.6 Å². The number of hydrazine groups is 2. The molecule has 28 heavy (non-hydrogen) atoms. The second-order valence-corrected chi connectivity index (χ2v) is 9.15. The Morgan fingerprint density at radius 2 is 1.93 bits per heavy atom. The van der Waals surface area contributed by atoms with Gasteiger partial charge in [0, 0.05) is 37.6 Å². The highest BCUT2D eigenvalue weighted by Gasteiger charge is 2.45. The number of carbonyl (C=O) groups is 1. The maximum absolute atomic E-state index is 13.3. The van der Waals surface area contributed by atoms with Crippen LogP contribution in [0, 0.1) is 17.8 Å². The number of benzene rings is 1. The molecule has 1 aromatic carbocycles. The lowest BCUT2D eigenvalue weighted by molar-refractivity contribution is -0.136. The highest BCUT2D eigenvalue weighted by Crippen LogP contribution is 2.34. The second kappa shape index (κ2) is 8.11. The molecule has 4 fully saturated rings. The lowest BCUT2D eigenvalue weighted by atomic mass is 9.81. The predicted octanol–water partition coefficient (Wildman–Crippen LogP) is 1.21. The first-order valence-corrected chi connectivity index (χ1v) is 11.1. The topological polar surface area (TPSA) is 68.4 Å². The summed E-state index contributed by atoms with van der Waals surface area (Å²) in [6.07, 6.45) is 7.02. The molecule has 152 valence electrons. The molecule has 0 aromatic heterocycles. The Labute approximate surface area is 167 Å². The fourth-order valence-corrected chi connectivity index (χ4v) is 5.99. The van der Waals surface area contributed by atoms with E-state index in [-0.39, 0.29) is 6.04 Å². The number of piperidine rings is 1. The average molecular weight is 384 g/mol. The molecule has 0 spiro atoms. The van der Waals surface area contributed by atoms with Gasteiger partial charge in [-0.3, -0.25) is 21.1 Å². The van der Waals surface area contributed by atoms with E-state index >= 15 is 0 Å². The summed E-state index contributed by atoms with van der Waals surface area (Å²) in [7, 11) is 0. The van der Waals surface area contributed by atoms with Crippen molar-refractivity contribution in [2.45, 2.75) is 56.7 Å². The van der Waals surface area contributed by atoms with Gasteiger partial charge in [-0.15, -0.1) is 0 Å². The number of likely N-dealkylation sites (tertiary alicyclic amines) is 1. The van der Waals surface area contributed by atoms with Gasteiger partial charge in [0.15, 0.2) is 0 Å². The first kappa shape index (κ1) is 18.6. The van der Waals surface area contributed by atoms with Crippen molar-refractivity contribution in [1.82, 2.24) is 26.6 Å². The minimum absolute atomic E-state index is 0.0268. The van der Waals surface area contributed by atoms with Crippen molar-refractivity contribution < 1.29 is 4.79 Å². The minimum atomic E-state index is -0.0268. The Hall–Kier alpha value is -1.47. The normalized spacial score (nSPS) is 37.9. The van der Waals surface area contributed by atoms with E-state index in [1.165, 1.54) is 31.2 Å². The molecule has 1 aromatic rings. The van der Waals surface area contributed by atoms with Crippen LogP contribution in [0.5, 0.6) is 0 Å². The van der Waals surface area contributed by atoms with Crippen LogP contribution in [0.4, 0.5) is 0 Å². The number of rotatable bonds is 4. The zero-order chi connectivity index (χ0) is 18.9. The molecule has 0 radical (unpaired) electrons. The molecule has 0 bridgehead atoms. The molecule has 4 N–H and O–H groups in total. The SMILES string of the molecule is O=C(C1NNC2CCCC21)N1CCCC(C2NNCC2Cc2ccccc2)C1. The summed E-state index contributed by atoms with van der Waals surface area (Å²) in [5.74, 6) is 1.89. The summed E-state index contributed by atoms with van der Waals surface area (Å²) in [4.78, 5) is 15.4. The summed E-state index contributed by atoms with van der Waals surface area (Å²) in [6.45, 7) is 2.80. The van der Waals surface area contributed by atoms with Gasteiger partial charge in [-0.05, 0) is 49.5 Å². The summed E-state index contributed by atoms with van der Waals surface area (Å²) >= 11 is 0. The van der Waals surface area contributed by atoms with Gasteiger partial charge in [0.25, 0.3) is 0 Å². The molecule has 1 amide bonds. The average Bonchev–Trinajstić information content (AvgIpc) is 3.45. The van der Waals surface area contributed by atoms with Crippen LogP contribution in [0.1, 0.15) is 37.7 Å². The van der Waals surface area contributed by atoms with Crippen LogP contribution in [-0.4, -0.2) is 48.6 Å². The van der Waals surface area contributed by atoms with Gasteiger partial charge in [-0.2, -0.15) is 0 Å².